The largest absolute Gasteiger partial charge is 0.447 e. The van der Waals surface area contributed by atoms with E-state index in [0.717, 1.165) is 0 Å². The van der Waals surface area contributed by atoms with Crippen LogP contribution >= 0.6 is 0 Å². The fourth-order valence-corrected chi connectivity index (χ4v) is 0.885. The summed E-state index contributed by atoms with van der Waals surface area (Å²) in [5, 5.41) is 0. The van der Waals surface area contributed by atoms with Crippen LogP contribution in [0.5, 0.6) is 0 Å². The van der Waals surface area contributed by atoms with Crippen LogP contribution in [0, 0.1) is 5.41 Å². The Morgan fingerprint density at radius 2 is 1.26 bits per heavy atom. The first-order chi connectivity index (χ1) is 8.91. The van der Waals surface area contributed by atoms with E-state index < -0.39 is 17.6 Å². The number of rotatable bonds is 8. The quantitative estimate of drug-likeness (QED) is 0.651. The Morgan fingerprint density at radius 1 is 0.895 bits per heavy atom. The van der Waals surface area contributed by atoms with Gasteiger partial charge in [-0.15, -0.1) is 0 Å². The van der Waals surface area contributed by atoms with Crippen LogP contribution in [0.4, 0.5) is 9.59 Å². The number of hydrogen-bond acceptors (Lipinski definition) is 6. The Bertz CT molecular complexity index is 256. The average molecular weight is 278 g/mol. The van der Waals surface area contributed by atoms with Gasteiger partial charge in [0.15, 0.2) is 0 Å². The van der Waals surface area contributed by atoms with Crippen molar-refractivity contribution in [3.05, 3.63) is 0 Å². The maximum absolute atomic E-state index is 11.1. The summed E-state index contributed by atoms with van der Waals surface area (Å²) in [7, 11) is 0. The van der Waals surface area contributed by atoms with Gasteiger partial charge in [-0.1, -0.05) is 13.8 Å². The molecule has 0 aromatic rings. The van der Waals surface area contributed by atoms with Crippen molar-refractivity contribution in [2.45, 2.75) is 27.7 Å². The summed E-state index contributed by atoms with van der Waals surface area (Å²) in [5.74, 6) is 0. The number of carbonyl (C=O) groups excluding carboxylic acids is 2. The average Bonchev–Trinajstić information content (AvgIpc) is 2.38. The number of hydrogen-bond donors (Lipinski definition) is 2. The maximum atomic E-state index is 11.1. The summed E-state index contributed by atoms with van der Waals surface area (Å²) in [5.41, 5.74) is 3.67. The molecule has 2 N–H and O–H groups in total. The molecule has 0 saturated carbocycles. The van der Waals surface area contributed by atoms with Gasteiger partial charge in [0.05, 0.1) is 13.2 Å². The molecule has 0 bridgehead atoms. The fraction of sp³-hybridized carbons (Fsp3) is 0.818. The minimum absolute atomic E-state index is 0.0772. The SMILES string of the molecule is CCONC(=O)OCC(C)(C)COC(=O)NOCC. The van der Waals surface area contributed by atoms with Crippen LogP contribution in [0.2, 0.25) is 0 Å². The van der Waals surface area contributed by atoms with Crippen molar-refractivity contribution >= 4 is 12.2 Å². The highest BCUT2D eigenvalue weighted by atomic mass is 16.7. The van der Waals surface area contributed by atoms with Gasteiger partial charge in [-0.05, 0) is 13.8 Å². The molecule has 2 amide bonds. The Morgan fingerprint density at radius 3 is 1.58 bits per heavy atom. The molecule has 0 aromatic carbocycles. The van der Waals surface area contributed by atoms with E-state index in [1.165, 1.54) is 0 Å². The highest BCUT2D eigenvalue weighted by molar-refractivity contribution is 5.66. The molecule has 8 heteroatoms. The maximum Gasteiger partial charge on any atom is 0.431 e. The van der Waals surface area contributed by atoms with Gasteiger partial charge in [0.2, 0.25) is 0 Å². The van der Waals surface area contributed by atoms with Crippen LogP contribution in [0.3, 0.4) is 0 Å². The standard InChI is InChI=1S/C11H22N2O6/c1-5-18-12-9(14)16-7-11(3,4)8-17-10(15)13-19-6-2/h5-8H2,1-4H3,(H,12,14)(H,13,15). The molecule has 0 unspecified atom stereocenters. The van der Waals surface area contributed by atoms with Crippen molar-refractivity contribution < 1.29 is 28.7 Å². The van der Waals surface area contributed by atoms with Crippen LogP contribution < -0.4 is 11.0 Å². The Balaban J connectivity index is 3.84. The first-order valence-corrected chi connectivity index (χ1v) is 6.00. The zero-order valence-corrected chi connectivity index (χ0v) is 11.8. The lowest BCUT2D eigenvalue weighted by atomic mass is 9.96. The van der Waals surface area contributed by atoms with Gasteiger partial charge in [-0.3, -0.25) is 9.68 Å². The topological polar surface area (TPSA) is 95.1 Å². The molecule has 8 nitrogen and oxygen atoms in total. The predicted molar refractivity (Wildman–Crippen MR) is 66.0 cm³/mol. The van der Waals surface area contributed by atoms with E-state index >= 15 is 0 Å². The van der Waals surface area contributed by atoms with Crippen molar-refractivity contribution in [1.82, 2.24) is 11.0 Å². The minimum atomic E-state index is -0.686. The van der Waals surface area contributed by atoms with E-state index in [0.29, 0.717) is 13.2 Å². The zero-order chi connectivity index (χ0) is 14.7. The number of ether oxygens (including phenoxy) is 2. The summed E-state index contributed by atoms with van der Waals surface area (Å²) in [6.07, 6.45) is -1.37. The molecule has 0 fully saturated rings. The first kappa shape index (κ1) is 17.5. The molecule has 0 radical (unpaired) electrons. The Labute approximate surface area is 112 Å². The van der Waals surface area contributed by atoms with Gasteiger partial charge in [0.25, 0.3) is 0 Å². The molecule has 0 heterocycles. The van der Waals surface area contributed by atoms with E-state index in [-0.39, 0.29) is 13.2 Å². The molecule has 0 aromatic heterocycles. The fourth-order valence-electron chi connectivity index (χ4n) is 0.885. The van der Waals surface area contributed by atoms with Gasteiger partial charge in [0, 0.05) is 5.41 Å². The first-order valence-electron chi connectivity index (χ1n) is 6.00. The van der Waals surface area contributed by atoms with Gasteiger partial charge in [-0.2, -0.15) is 11.0 Å². The highest BCUT2D eigenvalue weighted by Crippen LogP contribution is 2.16. The van der Waals surface area contributed by atoms with Crippen LogP contribution in [0.25, 0.3) is 0 Å². The lowest BCUT2D eigenvalue weighted by Gasteiger charge is -2.23. The van der Waals surface area contributed by atoms with Gasteiger partial charge >= 0.3 is 12.2 Å². The lowest BCUT2D eigenvalue weighted by molar-refractivity contribution is -0.00436. The molecule has 0 aliphatic heterocycles. The second kappa shape index (κ2) is 9.40. The second-order valence-electron chi connectivity index (χ2n) is 4.39. The Kier molecular flexibility index (Phi) is 8.64. The van der Waals surface area contributed by atoms with E-state index in [1.807, 2.05) is 0 Å². The van der Waals surface area contributed by atoms with Crippen molar-refractivity contribution in [1.29, 1.82) is 0 Å². The number of carbonyl (C=O) groups is 2. The molecule has 0 saturated heterocycles. The minimum Gasteiger partial charge on any atom is -0.447 e. The zero-order valence-electron chi connectivity index (χ0n) is 11.8. The van der Waals surface area contributed by atoms with Crippen molar-refractivity contribution in [3.8, 4) is 0 Å². The van der Waals surface area contributed by atoms with E-state index in [4.69, 9.17) is 9.47 Å². The molecular formula is C11H22N2O6. The lowest BCUT2D eigenvalue weighted by Crippen LogP contribution is -2.34. The molecule has 0 rings (SSSR count). The predicted octanol–water partition coefficient (Wildman–Crippen LogP) is 1.37. The van der Waals surface area contributed by atoms with Crippen molar-refractivity contribution in [2.75, 3.05) is 26.4 Å². The normalized spacial score (nSPS) is 10.7. The third-order valence-electron chi connectivity index (χ3n) is 1.79. The molecule has 19 heavy (non-hydrogen) atoms. The van der Waals surface area contributed by atoms with Crippen LogP contribution in [-0.2, 0) is 19.1 Å². The van der Waals surface area contributed by atoms with E-state index in [2.05, 4.69) is 20.6 Å². The van der Waals surface area contributed by atoms with Crippen molar-refractivity contribution in [3.63, 3.8) is 0 Å². The summed E-state index contributed by atoms with van der Waals surface area (Å²) < 4.78 is 9.81. The second-order valence-corrected chi connectivity index (χ2v) is 4.39. The molecule has 0 aliphatic rings. The molecule has 112 valence electrons. The van der Waals surface area contributed by atoms with Gasteiger partial charge in [0.1, 0.15) is 13.2 Å². The third-order valence-corrected chi connectivity index (χ3v) is 1.79. The highest BCUT2D eigenvalue weighted by Gasteiger charge is 2.23. The van der Waals surface area contributed by atoms with Gasteiger partial charge < -0.3 is 9.47 Å². The molecule has 0 spiro atoms. The smallest absolute Gasteiger partial charge is 0.431 e. The monoisotopic (exact) mass is 278 g/mol. The third kappa shape index (κ3) is 10.1. The van der Waals surface area contributed by atoms with Crippen LogP contribution in [0.15, 0.2) is 0 Å². The van der Waals surface area contributed by atoms with E-state index in [1.54, 1.807) is 27.7 Å². The van der Waals surface area contributed by atoms with E-state index in [9.17, 15) is 9.59 Å². The van der Waals surface area contributed by atoms with Crippen LogP contribution in [-0.4, -0.2) is 38.6 Å². The number of nitrogens with one attached hydrogen (secondary N) is 2. The summed E-state index contributed by atoms with van der Waals surface area (Å²) in [6, 6.07) is 0. The summed E-state index contributed by atoms with van der Waals surface area (Å²) >= 11 is 0. The molecule has 0 atom stereocenters. The Hall–Kier alpha value is -1.54. The number of amides is 2. The summed E-state index contributed by atoms with van der Waals surface area (Å²) in [4.78, 5) is 31.6. The molecule has 0 aliphatic carbocycles. The number of hydroxylamine groups is 2. The molecular weight excluding hydrogens is 256 g/mol. The summed E-state index contributed by atoms with van der Waals surface area (Å²) in [6.45, 7) is 7.88. The van der Waals surface area contributed by atoms with Gasteiger partial charge in [-0.25, -0.2) is 9.59 Å². The van der Waals surface area contributed by atoms with Crippen molar-refractivity contribution in [2.24, 2.45) is 5.41 Å². The van der Waals surface area contributed by atoms with Crippen LogP contribution in [0.1, 0.15) is 27.7 Å².